The molecular formula is C20H21N3. The molecule has 116 valence electrons. The molecule has 0 saturated heterocycles. The fourth-order valence-corrected chi connectivity index (χ4v) is 2.37. The van der Waals surface area contributed by atoms with Gasteiger partial charge in [-0.2, -0.15) is 0 Å². The van der Waals surface area contributed by atoms with E-state index in [9.17, 15) is 0 Å². The third-order valence-corrected chi connectivity index (χ3v) is 3.65. The topological polar surface area (TPSA) is 37.8 Å². The lowest BCUT2D eigenvalue weighted by molar-refractivity contribution is 0.568. The van der Waals surface area contributed by atoms with Crippen LogP contribution in [-0.2, 0) is 5.41 Å². The Morgan fingerprint density at radius 1 is 0.826 bits per heavy atom. The quantitative estimate of drug-likeness (QED) is 0.724. The van der Waals surface area contributed by atoms with E-state index in [2.05, 4.69) is 60.3 Å². The second-order valence-corrected chi connectivity index (χ2v) is 6.59. The van der Waals surface area contributed by atoms with Crippen LogP contribution >= 0.6 is 0 Å². The van der Waals surface area contributed by atoms with Crippen molar-refractivity contribution in [1.29, 1.82) is 0 Å². The lowest BCUT2D eigenvalue weighted by Crippen LogP contribution is -2.14. The van der Waals surface area contributed by atoms with Crippen molar-refractivity contribution in [3.05, 3.63) is 72.6 Å². The first-order valence-corrected chi connectivity index (χ1v) is 7.78. The van der Waals surface area contributed by atoms with Crippen molar-refractivity contribution in [2.75, 3.05) is 5.32 Å². The van der Waals surface area contributed by atoms with Gasteiger partial charge in [0, 0.05) is 17.3 Å². The molecule has 3 heteroatoms. The Bertz CT molecular complexity index is 789. The summed E-state index contributed by atoms with van der Waals surface area (Å²) in [5.41, 5.74) is 4.38. The Morgan fingerprint density at radius 3 is 2.30 bits per heavy atom. The molecule has 1 N–H and O–H groups in total. The molecule has 0 aliphatic heterocycles. The smallest absolute Gasteiger partial charge is 0.227 e. The predicted molar refractivity (Wildman–Crippen MR) is 95.9 cm³/mol. The average Bonchev–Trinajstić information content (AvgIpc) is 2.55. The molecule has 23 heavy (non-hydrogen) atoms. The van der Waals surface area contributed by atoms with E-state index in [1.54, 1.807) is 6.20 Å². The maximum Gasteiger partial charge on any atom is 0.227 e. The van der Waals surface area contributed by atoms with Gasteiger partial charge < -0.3 is 5.32 Å². The SMILES string of the molecule is CC(C)(C)c1ccnc(Nc2cccc(-c3ccccc3)c2)n1. The van der Waals surface area contributed by atoms with E-state index in [1.807, 2.05) is 36.4 Å². The summed E-state index contributed by atoms with van der Waals surface area (Å²) in [4.78, 5) is 8.95. The highest BCUT2D eigenvalue weighted by Gasteiger charge is 2.16. The lowest BCUT2D eigenvalue weighted by Gasteiger charge is -2.18. The molecule has 0 saturated carbocycles. The summed E-state index contributed by atoms with van der Waals surface area (Å²) in [5, 5.41) is 3.30. The molecule has 0 radical (unpaired) electrons. The Balaban J connectivity index is 1.87. The summed E-state index contributed by atoms with van der Waals surface area (Å²) in [5.74, 6) is 0.627. The highest BCUT2D eigenvalue weighted by molar-refractivity contribution is 5.69. The minimum absolute atomic E-state index is 0.00522. The first-order valence-electron chi connectivity index (χ1n) is 7.78. The van der Waals surface area contributed by atoms with Crippen LogP contribution < -0.4 is 5.32 Å². The second kappa shape index (κ2) is 6.21. The Kier molecular flexibility index (Phi) is 4.11. The van der Waals surface area contributed by atoms with Crippen molar-refractivity contribution in [2.45, 2.75) is 26.2 Å². The first-order chi connectivity index (χ1) is 11.0. The molecule has 0 aliphatic carbocycles. The highest BCUT2D eigenvalue weighted by Crippen LogP contribution is 2.25. The van der Waals surface area contributed by atoms with Gasteiger partial charge in [-0.05, 0) is 29.3 Å². The van der Waals surface area contributed by atoms with Gasteiger partial charge in [-0.3, -0.25) is 0 Å². The molecule has 3 rings (SSSR count). The van der Waals surface area contributed by atoms with Crippen LogP contribution in [0.25, 0.3) is 11.1 Å². The van der Waals surface area contributed by atoms with Crippen LogP contribution in [0.1, 0.15) is 26.5 Å². The number of benzene rings is 2. The van der Waals surface area contributed by atoms with Crippen LogP contribution in [0.5, 0.6) is 0 Å². The van der Waals surface area contributed by atoms with E-state index in [0.717, 1.165) is 11.4 Å². The molecule has 2 aromatic carbocycles. The highest BCUT2D eigenvalue weighted by atomic mass is 15.1. The Labute approximate surface area is 137 Å². The summed E-state index contributed by atoms with van der Waals surface area (Å²) in [7, 11) is 0. The van der Waals surface area contributed by atoms with Crippen LogP contribution in [0, 0.1) is 0 Å². The molecule has 3 aromatic rings. The van der Waals surface area contributed by atoms with Crippen molar-refractivity contribution in [3.63, 3.8) is 0 Å². The minimum Gasteiger partial charge on any atom is -0.324 e. The molecule has 0 atom stereocenters. The van der Waals surface area contributed by atoms with Crippen molar-refractivity contribution in [2.24, 2.45) is 0 Å². The minimum atomic E-state index is 0.00522. The normalized spacial score (nSPS) is 11.3. The maximum atomic E-state index is 4.62. The molecule has 1 aromatic heterocycles. The number of hydrogen-bond acceptors (Lipinski definition) is 3. The summed E-state index contributed by atoms with van der Waals surface area (Å²) in [6, 6.07) is 20.6. The number of anilines is 2. The van der Waals surface area contributed by atoms with Gasteiger partial charge in [-0.15, -0.1) is 0 Å². The summed E-state index contributed by atoms with van der Waals surface area (Å²) in [6.45, 7) is 6.44. The van der Waals surface area contributed by atoms with Crippen molar-refractivity contribution in [1.82, 2.24) is 9.97 Å². The molecular weight excluding hydrogens is 282 g/mol. The van der Waals surface area contributed by atoms with Gasteiger partial charge in [0.1, 0.15) is 0 Å². The van der Waals surface area contributed by atoms with Gasteiger partial charge in [0.2, 0.25) is 5.95 Å². The van der Waals surface area contributed by atoms with Crippen molar-refractivity contribution < 1.29 is 0 Å². The Hall–Kier alpha value is -2.68. The molecule has 0 unspecified atom stereocenters. The van der Waals surface area contributed by atoms with E-state index in [4.69, 9.17) is 0 Å². The lowest BCUT2D eigenvalue weighted by atomic mass is 9.92. The number of nitrogens with zero attached hydrogens (tertiary/aromatic N) is 2. The number of aromatic nitrogens is 2. The van der Waals surface area contributed by atoms with E-state index < -0.39 is 0 Å². The van der Waals surface area contributed by atoms with E-state index in [1.165, 1.54) is 11.1 Å². The van der Waals surface area contributed by atoms with Gasteiger partial charge >= 0.3 is 0 Å². The van der Waals surface area contributed by atoms with E-state index in [0.29, 0.717) is 5.95 Å². The fraction of sp³-hybridized carbons (Fsp3) is 0.200. The largest absolute Gasteiger partial charge is 0.324 e. The summed E-state index contributed by atoms with van der Waals surface area (Å²) >= 11 is 0. The van der Waals surface area contributed by atoms with Gasteiger partial charge in [-0.1, -0.05) is 63.2 Å². The third-order valence-electron chi connectivity index (χ3n) is 3.65. The van der Waals surface area contributed by atoms with Gasteiger partial charge in [0.25, 0.3) is 0 Å². The molecule has 0 amide bonds. The Morgan fingerprint density at radius 2 is 1.57 bits per heavy atom. The first kappa shape index (κ1) is 15.2. The van der Waals surface area contributed by atoms with Crippen molar-refractivity contribution >= 4 is 11.6 Å². The summed E-state index contributed by atoms with van der Waals surface area (Å²) < 4.78 is 0. The molecule has 0 spiro atoms. The number of hydrogen-bond donors (Lipinski definition) is 1. The number of rotatable bonds is 3. The standard InChI is InChI=1S/C20H21N3/c1-20(2,3)18-12-13-21-19(23-18)22-17-11-7-10-16(14-17)15-8-5-4-6-9-15/h4-14H,1-3H3,(H,21,22,23). The van der Waals surface area contributed by atoms with Crippen LogP contribution in [0.15, 0.2) is 66.9 Å². The van der Waals surface area contributed by atoms with Crippen LogP contribution in [0.4, 0.5) is 11.6 Å². The molecule has 0 bridgehead atoms. The van der Waals surface area contributed by atoms with Crippen LogP contribution in [0.2, 0.25) is 0 Å². The molecule has 0 fully saturated rings. The van der Waals surface area contributed by atoms with E-state index in [-0.39, 0.29) is 5.41 Å². The van der Waals surface area contributed by atoms with Crippen LogP contribution in [-0.4, -0.2) is 9.97 Å². The second-order valence-electron chi connectivity index (χ2n) is 6.59. The monoisotopic (exact) mass is 303 g/mol. The van der Waals surface area contributed by atoms with Crippen LogP contribution in [0.3, 0.4) is 0 Å². The number of nitrogens with one attached hydrogen (secondary N) is 1. The van der Waals surface area contributed by atoms with Crippen molar-refractivity contribution in [3.8, 4) is 11.1 Å². The third kappa shape index (κ3) is 3.75. The van der Waals surface area contributed by atoms with E-state index >= 15 is 0 Å². The van der Waals surface area contributed by atoms with Gasteiger partial charge in [0.05, 0.1) is 5.69 Å². The zero-order chi connectivity index (χ0) is 16.3. The zero-order valence-electron chi connectivity index (χ0n) is 13.7. The fourth-order valence-electron chi connectivity index (χ4n) is 2.37. The van der Waals surface area contributed by atoms with Gasteiger partial charge in [0.15, 0.2) is 0 Å². The molecule has 0 aliphatic rings. The zero-order valence-corrected chi connectivity index (χ0v) is 13.7. The molecule has 1 heterocycles. The average molecular weight is 303 g/mol. The molecule has 3 nitrogen and oxygen atoms in total. The summed E-state index contributed by atoms with van der Waals surface area (Å²) in [6.07, 6.45) is 1.80. The predicted octanol–water partition coefficient (Wildman–Crippen LogP) is 5.18. The van der Waals surface area contributed by atoms with Gasteiger partial charge in [-0.25, -0.2) is 9.97 Å². The maximum absolute atomic E-state index is 4.62.